The van der Waals surface area contributed by atoms with Gasteiger partial charge in [-0.25, -0.2) is 0 Å². The number of non-ortho nitro benzene ring substituents is 1. The van der Waals surface area contributed by atoms with Crippen molar-refractivity contribution in [1.29, 1.82) is 0 Å². The Hall–Kier alpha value is -2.24. The highest BCUT2D eigenvalue weighted by molar-refractivity contribution is 6.07. The van der Waals surface area contributed by atoms with E-state index < -0.39 is 10.3 Å². The highest BCUT2D eigenvalue weighted by Gasteiger charge is 2.58. The molecule has 92 valence electrons. The number of hydrogen-bond acceptors (Lipinski definition) is 4. The molecule has 1 saturated carbocycles. The lowest BCUT2D eigenvalue weighted by molar-refractivity contribution is -0.384. The van der Waals surface area contributed by atoms with E-state index >= 15 is 0 Å². The molecule has 2 amide bonds. The van der Waals surface area contributed by atoms with E-state index in [4.69, 9.17) is 0 Å². The topological polar surface area (TPSA) is 89.3 Å². The summed E-state index contributed by atoms with van der Waals surface area (Å²) >= 11 is 0. The van der Waals surface area contributed by atoms with E-state index in [-0.39, 0.29) is 23.4 Å². The van der Waals surface area contributed by atoms with Gasteiger partial charge in [-0.1, -0.05) is 12.1 Å². The summed E-state index contributed by atoms with van der Waals surface area (Å²) in [6.07, 6.45) is 1.02. The minimum Gasteiger partial charge on any atom is -0.295 e. The third-order valence-electron chi connectivity index (χ3n) is 3.86. The van der Waals surface area contributed by atoms with Crippen molar-refractivity contribution in [3.63, 3.8) is 0 Å². The predicted octanol–water partition coefficient (Wildman–Crippen LogP) is 0.899. The third kappa shape index (κ3) is 1.28. The standard InChI is InChI=1S/C12H10N2O4/c15-10-7-5-12(6-7,11(16)13-10)8-1-3-9(4-2-8)14(17)18/h1-4,7H,5-6H2,(H,13,15,16). The number of hydrogen-bond donors (Lipinski definition) is 1. The molecule has 2 bridgehead atoms. The van der Waals surface area contributed by atoms with Crippen LogP contribution in [0, 0.1) is 16.0 Å². The number of nitrogens with zero attached hydrogens (tertiary/aromatic N) is 1. The van der Waals surface area contributed by atoms with Crippen molar-refractivity contribution in [3.05, 3.63) is 39.9 Å². The van der Waals surface area contributed by atoms with Gasteiger partial charge < -0.3 is 0 Å². The molecular weight excluding hydrogens is 236 g/mol. The number of rotatable bonds is 2. The lowest BCUT2D eigenvalue weighted by atomic mass is 9.55. The van der Waals surface area contributed by atoms with Crippen LogP contribution in [0.1, 0.15) is 18.4 Å². The van der Waals surface area contributed by atoms with Crippen LogP contribution >= 0.6 is 0 Å². The maximum absolute atomic E-state index is 11.9. The van der Waals surface area contributed by atoms with Crippen molar-refractivity contribution in [2.75, 3.05) is 0 Å². The molecule has 1 aromatic carbocycles. The van der Waals surface area contributed by atoms with E-state index in [1.807, 2.05) is 0 Å². The monoisotopic (exact) mass is 246 g/mol. The lowest BCUT2D eigenvalue weighted by Crippen LogP contribution is -2.64. The van der Waals surface area contributed by atoms with Crippen LogP contribution in [-0.4, -0.2) is 16.7 Å². The van der Waals surface area contributed by atoms with Crippen LogP contribution in [0.25, 0.3) is 0 Å². The Morgan fingerprint density at radius 1 is 1.22 bits per heavy atom. The second-order valence-electron chi connectivity index (χ2n) is 4.81. The summed E-state index contributed by atoms with van der Waals surface area (Å²) in [5, 5.41) is 12.9. The van der Waals surface area contributed by atoms with Crippen molar-refractivity contribution in [1.82, 2.24) is 5.32 Å². The second-order valence-corrected chi connectivity index (χ2v) is 4.81. The molecule has 0 unspecified atom stereocenters. The lowest BCUT2D eigenvalue weighted by Gasteiger charge is -2.49. The molecule has 2 saturated heterocycles. The summed E-state index contributed by atoms with van der Waals surface area (Å²) in [7, 11) is 0. The van der Waals surface area contributed by atoms with E-state index in [2.05, 4.69) is 5.32 Å². The molecule has 0 radical (unpaired) electrons. The van der Waals surface area contributed by atoms with Crippen LogP contribution in [0.5, 0.6) is 0 Å². The minimum atomic E-state index is -0.659. The van der Waals surface area contributed by atoms with Crippen molar-refractivity contribution in [2.24, 2.45) is 5.92 Å². The molecule has 0 spiro atoms. The molecule has 6 nitrogen and oxygen atoms in total. The number of amides is 2. The molecule has 2 heterocycles. The SMILES string of the molecule is O=C1NC(=O)C2(c3ccc([N+](=O)[O-])cc3)CC1C2. The molecule has 1 N–H and O–H groups in total. The Morgan fingerprint density at radius 2 is 1.83 bits per heavy atom. The number of piperidine rings is 2. The molecule has 4 rings (SSSR count). The van der Waals surface area contributed by atoms with Crippen LogP contribution in [0.3, 0.4) is 0 Å². The Morgan fingerprint density at radius 3 is 2.33 bits per heavy atom. The number of nitrogens with one attached hydrogen (secondary N) is 1. The third-order valence-corrected chi connectivity index (χ3v) is 3.86. The largest absolute Gasteiger partial charge is 0.295 e. The van der Waals surface area contributed by atoms with Crippen LogP contribution in [0.2, 0.25) is 0 Å². The zero-order valence-electron chi connectivity index (χ0n) is 9.38. The summed E-state index contributed by atoms with van der Waals surface area (Å²) in [6.45, 7) is 0. The Kier molecular flexibility index (Phi) is 2.04. The summed E-state index contributed by atoms with van der Waals surface area (Å²) in [6, 6.07) is 5.98. The summed E-state index contributed by atoms with van der Waals surface area (Å²) in [5.41, 5.74) is 0.0842. The zero-order valence-corrected chi connectivity index (χ0v) is 9.38. The number of nitro benzene ring substituents is 1. The molecule has 0 atom stereocenters. The fourth-order valence-electron chi connectivity index (χ4n) is 2.75. The summed E-state index contributed by atoms with van der Waals surface area (Å²) in [4.78, 5) is 33.3. The van der Waals surface area contributed by atoms with Crippen LogP contribution < -0.4 is 5.32 Å². The number of benzene rings is 1. The average Bonchev–Trinajstić information content (AvgIpc) is 2.27. The van der Waals surface area contributed by atoms with E-state index in [1.165, 1.54) is 12.1 Å². The van der Waals surface area contributed by atoms with Crippen LogP contribution in [-0.2, 0) is 15.0 Å². The van der Waals surface area contributed by atoms with Gasteiger partial charge in [0.1, 0.15) is 0 Å². The first kappa shape index (κ1) is 10.9. The van der Waals surface area contributed by atoms with Crippen molar-refractivity contribution >= 4 is 17.5 Å². The number of nitro groups is 1. The Balaban J connectivity index is 1.94. The Bertz CT molecular complexity index is 558. The zero-order chi connectivity index (χ0) is 12.9. The molecule has 3 fully saturated rings. The number of carbonyl (C=O) groups excluding carboxylic acids is 2. The molecule has 18 heavy (non-hydrogen) atoms. The quantitative estimate of drug-likeness (QED) is 0.477. The first-order valence-corrected chi connectivity index (χ1v) is 5.63. The smallest absolute Gasteiger partial charge is 0.269 e. The van der Waals surface area contributed by atoms with Gasteiger partial charge in [0.2, 0.25) is 11.8 Å². The van der Waals surface area contributed by atoms with Gasteiger partial charge in [-0.05, 0) is 18.4 Å². The molecule has 0 aromatic heterocycles. The van der Waals surface area contributed by atoms with Crippen molar-refractivity contribution < 1.29 is 14.5 Å². The van der Waals surface area contributed by atoms with Gasteiger partial charge in [0.25, 0.3) is 5.69 Å². The molecule has 6 heteroatoms. The molecule has 2 aliphatic heterocycles. The van der Waals surface area contributed by atoms with E-state index in [0.717, 1.165) is 5.56 Å². The van der Waals surface area contributed by atoms with Gasteiger partial charge in [-0.3, -0.25) is 25.0 Å². The minimum absolute atomic E-state index is 0.00156. The number of carbonyl (C=O) groups is 2. The van der Waals surface area contributed by atoms with E-state index in [9.17, 15) is 19.7 Å². The first-order chi connectivity index (χ1) is 8.53. The molecular formula is C12H10N2O4. The van der Waals surface area contributed by atoms with Crippen LogP contribution in [0.4, 0.5) is 5.69 Å². The molecule has 1 aliphatic carbocycles. The van der Waals surface area contributed by atoms with Crippen LogP contribution in [0.15, 0.2) is 24.3 Å². The molecule has 3 aliphatic rings. The summed E-state index contributed by atoms with van der Waals surface area (Å²) < 4.78 is 0. The first-order valence-electron chi connectivity index (χ1n) is 5.63. The number of imide groups is 1. The van der Waals surface area contributed by atoms with Crippen molar-refractivity contribution in [3.8, 4) is 0 Å². The van der Waals surface area contributed by atoms with Gasteiger partial charge in [-0.2, -0.15) is 0 Å². The van der Waals surface area contributed by atoms with Crippen molar-refractivity contribution in [2.45, 2.75) is 18.3 Å². The fourth-order valence-corrected chi connectivity index (χ4v) is 2.75. The average molecular weight is 246 g/mol. The van der Waals surface area contributed by atoms with Gasteiger partial charge in [-0.15, -0.1) is 0 Å². The van der Waals surface area contributed by atoms with Gasteiger partial charge in [0.05, 0.1) is 10.3 Å². The maximum atomic E-state index is 11.9. The normalized spacial score (nSPS) is 29.4. The van der Waals surface area contributed by atoms with E-state index in [0.29, 0.717) is 12.8 Å². The predicted molar refractivity (Wildman–Crippen MR) is 60.6 cm³/mol. The maximum Gasteiger partial charge on any atom is 0.269 e. The Labute approximate surface area is 102 Å². The fraction of sp³-hybridized carbons (Fsp3) is 0.333. The highest BCUT2D eigenvalue weighted by Crippen LogP contribution is 2.50. The van der Waals surface area contributed by atoms with Gasteiger partial charge in [0, 0.05) is 18.1 Å². The number of fused-ring (bicyclic) bond motifs is 2. The second kappa shape index (κ2) is 3.38. The van der Waals surface area contributed by atoms with Gasteiger partial charge in [0.15, 0.2) is 0 Å². The van der Waals surface area contributed by atoms with E-state index in [1.54, 1.807) is 12.1 Å². The highest BCUT2D eigenvalue weighted by atomic mass is 16.6. The summed E-state index contributed by atoms with van der Waals surface area (Å²) in [5.74, 6) is -0.592. The van der Waals surface area contributed by atoms with Gasteiger partial charge >= 0.3 is 0 Å². The molecule has 1 aromatic rings.